The summed E-state index contributed by atoms with van der Waals surface area (Å²) in [5.41, 5.74) is 2.41. The van der Waals surface area contributed by atoms with E-state index >= 15 is 0 Å². The second-order valence-electron chi connectivity index (χ2n) is 4.76. The summed E-state index contributed by atoms with van der Waals surface area (Å²) in [5.74, 6) is -0.513. The smallest absolute Gasteiger partial charge is 0.146 e. The van der Waals surface area contributed by atoms with Crippen molar-refractivity contribution in [2.24, 2.45) is 0 Å². The van der Waals surface area contributed by atoms with Crippen LogP contribution in [0.3, 0.4) is 0 Å². The van der Waals surface area contributed by atoms with Gasteiger partial charge in [0.1, 0.15) is 11.6 Å². The molecule has 0 radical (unpaired) electrons. The van der Waals surface area contributed by atoms with Gasteiger partial charge in [0.25, 0.3) is 0 Å². The van der Waals surface area contributed by atoms with Crippen molar-refractivity contribution < 1.29 is 8.78 Å². The van der Waals surface area contributed by atoms with Crippen LogP contribution >= 0.6 is 0 Å². The highest BCUT2D eigenvalue weighted by molar-refractivity contribution is 5.54. The Balaban J connectivity index is 2.24. The van der Waals surface area contributed by atoms with Crippen LogP contribution in [0.4, 0.5) is 14.5 Å². The molecule has 0 saturated carbocycles. The van der Waals surface area contributed by atoms with Crippen molar-refractivity contribution in [2.75, 3.05) is 19.0 Å². The molecule has 2 rings (SSSR count). The number of nitrogens with zero attached hydrogens (tertiary/aromatic N) is 1. The average Bonchev–Trinajstić information content (AvgIpc) is 2.42. The zero-order valence-corrected chi connectivity index (χ0v) is 11.7. The third-order valence-corrected chi connectivity index (χ3v) is 3.15. The first-order valence-corrected chi connectivity index (χ1v) is 6.49. The third kappa shape index (κ3) is 3.33. The van der Waals surface area contributed by atoms with Gasteiger partial charge in [0.15, 0.2) is 0 Å². The van der Waals surface area contributed by atoms with E-state index in [0.29, 0.717) is 18.8 Å². The fraction of sp³-hybridized carbons (Fsp3) is 0.250. The number of hydrogen-bond acceptors (Lipinski definition) is 2. The van der Waals surface area contributed by atoms with Gasteiger partial charge in [-0.1, -0.05) is 24.3 Å². The normalized spacial score (nSPS) is 10.6. The molecule has 106 valence electrons. The minimum Gasteiger partial charge on any atom is -0.368 e. The highest BCUT2D eigenvalue weighted by atomic mass is 19.1. The lowest BCUT2D eigenvalue weighted by Crippen LogP contribution is -2.21. The molecule has 2 aromatic rings. The molecule has 0 fully saturated rings. The molecule has 0 amide bonds. The van der Waals surface area contributed by atoms with Crippen LogP contribution in [-0.2, 0) is 13.1 Å². The van der Waals surface area contributed by atoms with E-state index in [4.69, 9.17) is 0 Å². The van der Waals surface area contributed by atoms with E-state index in [1.54, 1.807) is 18.2 Å². The zero-order valence-electron chi connectivity index (χ0n) is 11.7. The highest BCUT2D eigenvalue weighted by Crippen LogP contribution is 2.25. The first-order valence-electron chi connectivity index (χ1n) is 6.49. The molecule has 0 atom stereocenters. The van der Waals surface area contributed by atoms with E-state index in [2.05, 4.69) is 5.32 Å². The van der Waals surface area contributed by atoms with Crippen LogP contribution in [0.2, 0.25) is 0 Å². The Kier molecular flexibility index (Phi) is 4.69. The predicted molar refractivity (Wildman–Crippen MR) is 77.7 cm³/mol. The molecular weight excluding hydrogens is 258 g/mol. The quantitative estimate of drug-likeness (QED) is 0.901. The third-order valence-electron chi connectivity index (χ3n) is 3.15. The molecular formula is C16H18F2N2. The SMILES string of the molecule is CNCc1cccc(F)c1N(C)Cc1ccc(F)cc1. The van der Waals surface area contributed by atoms with Crippen LogP contribution in [0, 0.1) is 11.6 Å². The monoisotopic (exact) mass is 276 g/mol. The molecule has 2 nitrogen and oxygen atoms in total. The average molecular weight is 276 g/mol. The summed E-state index contributed by atoms with van der Waals surface area (Å²) in [6.45, 7) is 1.12. The molecule has 1 N–H and O–H groups in total. The van der Waals surface area contributed by atoms with Crippen molar-refractivity contribution in [1.29, 1.82) is 0 Å². The summed E-state index contributed by atoms with van der Waals surface area (Å²) in [4.78, 5) is 1.84. The molecule has 0 aliphatic carbocycles. The van der Waals surface area contributed by atoms with Crippen molar-refractivity contribution >= 4 is 5.69 Å². The lowest BCUT2D eigenvalue weighted by atomic mass is 10.1. The van der Waals surface area contributed by atoms with Gasteiger partial charge in [-0.25, -0.2) is 8.78 Å². The molecule has 0 aliphatic rings. The lowest BCUT2D eigenvalue weighted by Gasteiger charge is -2.23. The Labute approximate surface area is 118 Å². The maximum atomic E-state index is 14.1. The molecule has 0 bridgehead atoms. The van der Waals surface area contributed by atoms with Crippen molar-refractivity contribution in [1.82, 2.24) is 5.32 Å². The summed E-state index contributed by atoms with van der Waals surface area (Å²) in [6, 6.07) is 11.3. The first kappa shape index (κ1) is 14.5. The Hall–Kier alpha value is -1.94. The van der Waals surface area contributed by atoms with Gasteiger partial charge in [0.05, 0.1) is 5.69 Å². The molecule has 0 saturated heterocycles. The summed E-state index contributed by atoms with van der Waals surface area (Å²) < 4.78 is 27.0. The van der Waals surface area contributed by atoms with Gasteiger partial charge in [-0.3, -0.25) is 0 Å². The Bertz CT molecular complexity index is 567. The van der Waals surface area contributed by atoms with Crippen molar-refractivity contribution in [3.63, 3.8) is 0 Å². The van der Waals surface area contributed by atoms with Crippen LogP contribution < -0.4 is 10.2 Å². The minimum absolute atomic E-state index is 0.248. The number of para-hydroxylation sites is 1. The van der Waals surface area contributed by atoms with E-state index in [1.165, 1.54) is 18.2 Å². The lowest BCUT2D eigenvalue weighted by molar-refractivity contribution is 0.616. The van der Waals surface area contributed by atoms with Crippen LogP contribution in [0.1, 0.15) is 11.1 Å². The highest BCUT2D eigenvalue weighted by Gasteiger charge is 2.12. The van der Waals surface area contributed by atoms with E-state index in [9.17, 15) is 8.78 Å². The topological polar surface area (TPSA) is 15.3 Å². The molecule has 2 aromatic carbocycles. The van der Waals surface area contributed by atoms with Crippen LogP contribution in [0.5, 0.6) is 0 Å². The number of hydrogen-bond donors (Lipinski definition) is 1. The summed E-state index contributed by atoms with van der Waals surface area (Å²) in [7, 11) is 3.66. The minimum atomic E-state index is -0.266. The number of anilines is 1. The largest absolute Gasteiger partial charge is 0.368 e. The Morgan fingerprint density at radius 1 is 1.05 bits per heavy atom. The Morgan fingerprint density at radius 3 is 2.40 bits per heavy atom. The zero-order chi connectivity index (χ0) is 14.5. The van der Waals surface area contributed by atoms with Gasteiger partial charge in [0.2, 0.25) is 0 Å². The summed E-state index contributed by atoms with van der Waals surface area (Å²) in [5, 5.41) is 3.03. The van der Waals surface area contributed by atoms with Gasteiger partial charge >= 0.3 is 0 Å². The van der Waals surface area contributed by atoms with Gasteiger partial charge in [-0.05, 0) is 36.4 Å². The fourth-order valence-electron chi connectivity index (χ4n) is 2.26. The van der Waals surface area contributed by atoms with Gasteiger partial charge in [-0.2, -0.15) is 0 Å². The molecule has 0 unspecified atom stereocenters. The maximum absolute atomic E-state index is 14.1. The predicted octanol–water partition coefficient (Wildman–Crippen LogP) is 3.32. The molecule has 20 heavy (non-hydrogen) atoms. The van der Waals surface area contributed by atoms with Gasteiger partial charge in [-0.15, -0.1) is 0 Å². The van der Waals surface area contributed by atoms with E-state index in [0.717, 1.165) is 11.1 Å². The summed E-state index contributed by atoms with van der Waals surface area (Å²) >= 11 is 0. The van der Waals surface area contributed by atoms with Crippen LogP contribution in [-0.4, -0.2) is 14.1 Å². The number of nitrogens with one attached hydrogen (secondary N) is 1. The number of benzene rings is 2. The standard InChI is InChI=1S/C16H18F2N2/c1-19-10-13-4-3-5-15(18)16(13)20(2)11-12-6-8-14(17)9-7-12/h3-9,19H,10-11H2,1-2H3. The van der Waals surface area contributed by atoms with Crippen LogP contribution in [0.15, 0.2) is 42.5 Å². The maximum Gasteiger partial charge on any atom is 0.146 e. The first-order chi connectivity index (χ1) is 9.61. The number of halogens is 2. The fourth-order valence-corrected chi connectivity index (χ4v) is 2.26. The van der Waals surface area contributed by atoms with Gasteiger partial charge in [0, 0.05) is 20.1 Å². The van der Waals surface area contributed by atoms with Crippen LogP contribution in [0.25, 0.3) is 0 Å². The Morgan fingerprint density at radius 2 is 1.75 bits per heavy atom. The van der Waals surface area contributed by atoms with E-state index in [1.807, 2.05) is 25.1 Å². The second-order valence-corrected chi connectivity index (χ2v) is 4.76. The van der Waals surface area contributed by atoms with Crippen molar-refractivity contribution in [2.45, 2.75) is 13.1 Å². The van der Waals surface area contributed by atoms with Gasteiger partial charge < -0.3 is 10.2 Å². The van der Waals surface area contributed by atoms with E-state index in [-0.39, 0.29) is 11.6 Å². The molecule has 0 aliphatic heterocycles. The molecule has 4 heteroatoms. The second kappa shape index (κ2) is 6.48. The van der Waals surface area contributed by atoms with E-state index < -0.39 is 0 Å². The van der Waals surface area contributed by atoms with Crippen molar-refractivity contribution in [3.05, 3.63) is 65.2 Å². The molecule has 0 aromatic heterocycles. The number of rotatable bonds is 5. The van der Waals surface area contributed by atoms with Crippen molar-refractivity contribution in [3.8, 4) is 0 Å². The molecule has 0 spiro atoms. The summed E-state index contributed by atoms with van der Waals surface area (Å²) in [6.07, 6.45) is 0. The molecule has 0 heterocycles.